The topological polar surface area (TPSA) is 66.5 Å². The van der Waals surface area contributed by atoms with Gasteiger partial charge in [0.1, 0.15) is 12.4 Å². The molecule has 1 fully saturated rings. The molecule has 0 bridgehead atoms. The van der Waals surface area contributed by atoms with Crippen LogP contribution in [0, 0.1) is 11.3 Å². The van der Waals surface area contributed by atoms with Crippen LogP contribution in [0.5, 0.6) is 0 Å². The lowest BCUT2D eigenvalue weighted by Gasteiger charge is -2.05. The highest BCUT2D eigenvalue weighted by Gasteiger charge is 2.19. The van der Waals surface area contributed by atoms with E-state index in [4.69, 9.17) is 5.26 Å². The largest absolute Gasteiger partial charge is 0.310 e. The van der Waals surface area contributed by atoms with E-state index < -0.39 is 0 Å². The van der Waals surface area contributed by atoms with Gasteiger partial charge >= 0.3 is 0 Å². The molecule has 0 spiro atoms. The number of hydrogen-bond donors (Lipinski definition) is 1. The fraction of sp³-hybridized carbons (Fsp3) is 0.308. The quantitative estimate of drug-likeness (QED) is 0.875. The van der Waals surface area contributed by atoms with Crippen molar-refractivity contribution < 1.29 is 0 Å². The zero-order chi connectivity index (χ0) is 12.4. The van der Waals surface area contributed by atoms with E-state index in [1.807, 2.05) is 18.2 Å². The van der Waals surface area contributed by atoms with Gasteiger partial charge in [0.05, 0.1) is 5.69 Å². The third-order valence-electron chi connectivity index (χ3n) is 2.94. The van der Waals surface area contributed by atoms with Gasteiger partial charge in [0.2, 0.25) is 0 Å². The molecule has 0 unspecified atom stereocenters. The summed E-state index contributed by atoms with van der Waals surface area (Å²) in [5.41, 5.74) is 2.15. The minimum atomic E-state index is 0.191. The maximum absolute atomic E-state index is 8.71. The van der Waals surface area contributed by atoms with Crippen molar-refractivity contribution in [2.45, 2.75) is 25.4 Å². The van der Waals surface area contributed by atoms with Crippen molar-refractivity contribution in [3.63, 3.8) is 0 Å². The molecular weight excluding hydrogens is 226 g/mol. The monoisotopic (exact) mass is 239 g/mol. The Morgan fingerprint density at radius 2 is 2.33 bits per heavy atom. The van der Waals surface area contributed by atoms with Gasteiger partial charge in [0.15, 0.2) is 0 Å². The summed E-state index contributed by atoms with van der Waals surface area (Å²) in [4.78, 5) is 3.90. The number of aromatic nitrogens is 3. The third-order valence-corrected chi connectivity index (χ3v) is 2.94. The molecule has 5 heteroatoms. The highest BCUT2D eigenvalue weighted by atomic mass is 15.3. The van der Waals surface area contributed by atoms with Crippen molar-refractivity contribution in [1.82, 2.24) is 20.1 Å². The smallest absolute Gasteiger partial charge is 0.252 e. The first kappa shape index (κ1) is 10.9. The van der Waals surface area contributed by atoms with Crippen LogP contribution in [0.15, 0.2) is 30.6 Å². The van der Waals surface area contributed by atoms with Crippen LogP contribution < -0.4 is 5.32 Å². The van der Waals surface area contributed by atoms with E-state index in [0.717, 1.165) is 12.2 Å². The number of nitrogens with zero attached hydrogens (tertiary/aromatic N) is 4. The van der Waals surface area contributed by atoms with Crippen LogP contribution in [0.2, 0.25) is 0 Å². The molecule has 18 heavy (non-hydrogen) atoms. The van der Waals surface area contributed by atoms with Crippen LogP contribution in [0.4, 0.5) is 0 Å². The van der Waals surface area contributed by atoms with Crippen molar-refractivity contribution >= 4 is 0 Å². The van der Waals surface area contributed by atoms with Gasteiger partial charge in [-0.2, -0.15) is 5.26 Å². The second-order valence-electron chi connectivity index (χ2n) is 4.45. The van der Waals surface area contributed by atoms with Crippen LogP contribution >= 0.6 is 0 Å². The molecule has 0 atom stereocenters. The van der Waals surface area contributed by atoms with E-state index >= 15 is 0 Å². The van der Waals surface area contributed by atoms with Crippen molar-refractivity contribution in [3.8, 4) is 11.8 Å². The average Bonchev–Trinajstić information content (AvgIpc) is 3.12. The Bertz CT molecular complexity index is 591. The predicted octanol–water partition coefficient (Wildman–Crippen LogP) is 1.39. The lowest BCUT2D eigenvalue weighted by Crippen LogP contribution is -2.15. The second kappa shape index (κ2) is 4.59. The maximum Gasteiger partial charge on any atom is 0.252 e. The Kier molecular flexibility index (Phi) is 2.79. The van der Waals surface area contributed by atoms with Crippen LogP contribution in [0.1, 0.15) is 24.2 Å². The van der Waals surface area contributed by atoms with E-state index in [-0.39, 0.29) is 5.82 Å². The van der Waals surface area contributed by atoms with Crippen LogP contribution in [0.3, 0.4) is 0 Å². The number of nitrogens with one attached hydrogen (secondary N) is 1. The lowest BCUT2D eigenvalue weighted by atomic mass is 10.2. The van der Waals surface area contributed by atoms with Crippen molar-refractivity contribution in [3.05, 3.63) is 42.0 Å². The molecule has 1 aliphatic carbocycles. The molecule has 0 saturated heterocycles. The summed E-state index contributed by atoms with van der Waals surface area (Å²) >= 11 is 0. The van der Waals surface area contributed by atoms with E-state index in [0.29, 0.717) is 6.04 Å². The molecule has 1 heterocycles. The average molecular weight is 239 g/mol. The fourth-order valence-corrected chi connectivity index (χ4v) is 1.80. The number of benzene rings is 1. The number of nitriles is 1. The van der Waals surface area contributed by atoms with Crippen LogP contribution in [0.25, 0.3) is 5.69 Å². The molecule has 1 aromatic heterocycles. The molecule has 5 nitrogen and oxygen atoms in total. The Labute approximate surface area is 105 Å². The first-order valence-corrected chi connectivity index (χ1v) is 5.99. The molecular formula is C13H13N5. The normalized spacial score (nSPS) is 14.4. The summed E-state index contributed by atoms with van der Waals surface area (Å²) in [6.07, 6.45) is 4.13. The van der Waals surface area contributed by atoms with Gasteiger partial charge in [-0.1, -0.05) is 12.1 Å². The fourth-order valence-electron chi connectivity index (χ4n) is 1.80. The predicted molar refractivity (Wildman–Crippen MR) is 65.9 cm³/mol. The second-order valence-corrected chi connectivity index (χ2v) is 4.45. The maximum atomic E-state index is 8.71. The van der Waals surface area contributed by atoms with Crippen LogP contribution in [-0.2, 0) is 6.54 Å². The summed E-state index contributed by atoms with van der Waals surface area (Å²) in [5.74, 6) is 0.191. The molecule has 0 aliphatic heterocycles. The molecule has 0 amide bonds. The zero-order valence-electron chi connectivity index (χ0n) is 9.87. The molecule has 90 valence electrons. The van der Waals surface area contributed by atoms with E-state index in [1.54, 1.807) is 11.0 Å². The highest BCUT2D eigenvalue weighted by Crippen LogP contribution is 2.19. The van der Waals surface area contributed by atoms with Crippen molar-refractivity contribution in [1.29, 1.82) is 5.26 Å². The van der Waals surface area contributed by atoms with Crippen LogP contribution in [-0.4, -0.2) is 20.8 Å². The van der Waals surface area contributed by atoms with Gasteiger partial charge in [0.25, 0.3) is 5.82 Å². The van der Waals surface area contributed by atoms with Gasteiger partial charge in [-0.15, -0.1) is 5.10 Å². The molecule has 1 aliphatic rings. The SMILES string of the molecule is N#Cc1ncn(-c2cccc(CNC3CC3)c2)n1. The number of hydrogen-bond acceptors (Lipinski definition) is 4. The van der Waals surface area contributed by atoms with Gasteiger partial charge < -0.3 is 5.32 Å². The Hall–Kier alpha value is -2.19. The number of rotatable bonds is 4. The highest BCUT2D eigenvalue weighted by molar-refractivity contribution is 5.35. The summed E-state index contributed by atoms with van der Waals surface area (Å²) in [7, 11) is 0. The molecule has 1 N–H and O–H groups in total. The Morgan fingerprint density at radius 3 is 3.06 bits per heavy atom. The van der Waals surface area contributed by atoms with Gasteiger partial charge in [-0.3, -0.25) is 0 Å². The summed E-state index contributed by atoms with van der Waals surface area (Å²) in [6.45, 7) is 0.873. The standard InChI is InChI=1S/C13H13N5/c14-7-13-16-9-18(17-13)12-3-1-2-10(6-12)8-15-11-4-5-11/h1-3,6,9,11,15H,4-5,8H2. The van der Waals surface area contributed by atoms with E-state index in [9.17, 15) is 0 Å². The molecule has 3 rings (SSSR count). The summed E-state index contributed by atoms with van der Waals surface area (Å²) in [6, 6.07) is 10.7. The first-order chi connectivity index (χ1) is 8.85. The van der Waals surface area contributed by atoms with E-state index in [2.05, 4.69) is 27.5 Å². The minimum absolute atomic E-state index is 0.191. The minimum Gasteiger partial charge on any atom is -0.310 e. The lowest BCUT2D eigenvalue weighted by molar-refractivity contribution is 0.687. The van der Waals surface area contributed by atoms with E-state index in [1.165, 1.54) is 18.4 Å². The molecule has 1 aromatic carbocycles. The van der Waals surface area contributed by atoms with Gasteiger partial charge in [-0.05, 0) is 30.5 Å². The third kappa shape index (κ3) is 2.39. The van der Waals surface area contributed by atoms with Gasteiger partial charge in [0, 0.05) is 12.6 Å². The van der Waals surface area contributed by atoms with Crippen molar-refractivity contribution in [2.24, 2.45) is 0 Å². The molecule has 0 radical (unpaired) electrons. The first-order valence-electron chi connectivity index (χ1n) is 5.99. The Balaban J connectivity index is 1.78. The summed E-state index contributed by atoms with van der Waals surface area (Å²) < 4.78 is 1.62. The van der Waals surface area contributed by atoms with Crippen molar-refractivity contribution in [2.75, 3.05) is 0 Å². The van der Waals surface area contributed by atoms with Gasteiger partial charge in [-0.25, -0.2) is 9.67 Å². The molecule has 2 aromatic rings. The summed E-state index contributed by atoms with van der Waals surface area (Å²) in [5, 5.41) is 16.2. The molecule has 1 saturated carbocycles. The zero-order valence-corrected chi connectivity index (χ0v) is 9.87. The Morgan fingerprint density at radius 1 is 1.44 bits per heavy atom.